The van der Waals surface area contributed by atoms with E-state index in [-0.39, 0.29) is 24.2 Å². The van der Waals surface area contributed by atoms with Crippen LogP contribution in [-0.4, -0.2) is 39.0 Å². The lowest BCUT2D eigenvalue weighted by molar-refractivity contribution is -0.129. The van der Waals surface area contributed by atoms with Crippen molar-refractivity contribution >= 4 is 11.8 Å². The fourth-order valence-corrected chi connectivity index (χ4v) is 3.33. The number of rotatable bonds is 6. The molecule has 0 aliphatic heterocycles. The van der Waals surface area contributed by atoms with Crippen LogP contribution in [-0.2, 0) is 22.6 Å². The molecular weight excluding hydrogens is 344 g/mol. The van der Waals surface area contributed by atoms with Gasteiger partial charge in [0.15, 0.2) is 0 Å². The van der Waals surface area contributed by atoms with Crippen molar-refractivity contribution in [1.82, 2.24) is 20.6 Å². The maximum atomic E-state index is 12.5. The van der Waals surface area contributed by atoms with Gasteiger partial charge in [0.1, 0.15) is 0 Å². The first-order valence-electron chi connectivity index (χ1n) is 9.15. The van der Waals surface area contributed by atoms with E-state index in [2.05, 4.69) is 20.6 Å². The Morgan fingerprint density at radius 1 is 1.07 bits per heavy atom. The molecule has 0 unspecified atom stereocenters. The van der Waals surface area contributed by atoms with Crippen LogP contribution in [0, 0.1) is 5.92 Å². The van der Waals surface area contributed by atoms with Gasteiger partial charge in [-0.15, -0.1) is 0 Å². The fourth-order valence-electron chi connectivity index (χ4n) is 3.33. The molecule has 3 N–H and O–H groups in total. The monoisotopic (exact) mass is 368 g/mol. The van der Waals surface area contributed by atoms with Crippen molar-refractivity contribution in [3.8, 4) is 0 Å². The molecule has 0 aromatic carbocycles. The topological polar surface area (TPSA) is 104 Å². The third kappa shape index (κ3) is 5.59. The number of hydrogen-bond donors (Lipinski definition) is 3. The average Bonchev–Trinajstić information content (AvgIpc) is 2.69. The summed E-state index contributed by atoms with van der Waals surface area (Å²) in [5.74, 6) is -0.463. The molecule has 0 radical (unpaired) electrons. The van der Waals surface area contributed by atoms with Gasteiger partial charge < -0.3 is 15.7 Å². The van der Waals surface area contributed by atoms with Crippen molar-refractivity contribution in [2.45, 2.75) is 44.4 Å². The predicted molar refractivity (Wildman–Crippen MR) is 99.3 cm³/mol. The highest BCUT2D eigenvalue weighted by Crippen LogP contribution is 2.25. The van der Waals surface area contributed by atoms with Crippen molar-refractivity contribution in [3.05, 3.63) is 60.2 Å². The van der Waals surface area contributed by atoms with Gasteiger partial charge in [-0.25, -0.2) is 0 Å². The average molecular weight is 368 g/mol. The molecule has 27 heavy (non-hydrogen) atoms. The molecule has 7 nitrogen and oxygen atoms in total. The molecule has 1 saturated carbocycles. The minimum absolute atomic E-state index is 0.0581. The Labute approximate surface area is 158 Å². The summed E-state index contributed by atoms with van der Waals surface area (Å²) < 4.78 is 0. The number of pyridine rings is 2. The maximum Gasteiger partial charge on any atom is 0.224 e. The highest BCUT2D eigenvalue weighted by Gasteiger charge is 2.33. The Hall–Kier alpha value is -2.80. The number of nitrogens with zero attached hydrogens (tertiary/aromatic N) is 2. The third-order valence-electron chi connectivity index (χ3n) is 4.81. The Bertz CT molecular complexity index is 754. The molecule has 1 fully saturated rings. The number of nitrogens with one attached hydrogen (secondary N) is 2. The molecule has 142 valence electrons. The van der Waals surface area contributed by atoms with E-state index in [9.17, 15) is 14.7 Å². The minimum atomic E-state index is -0.634. The number of aromatic nitrogens is 2. The maximum absolute atomic E-state index is 12.5. The first-order chi connectivity index (χ1) is 13.1. The van der Waals surface area contributed by atoms with Crippen molar-refractivity contribution in [3.63, 3.8) is 0 Å². The van der Waals surface area contributed by atoms with Gasteiger partial charge in [-0.05, 0) is 42.5 Å². The number of amides is 2. The molecule has 2 heterocycles. The van der Waals surface area contributed by atoms with Crippen LogP contribution in [0.25, 0.3) is 0 Å². The summed E-state index contributed by atoms with van der Waals surface area (Å²) in [4.78, 5) is 32.7. The van der Waals surface area contributed by atoms with Crippen molar-refractivity contribution in [2.75, 3.05) is 0 Å². The largest absolute Gasteiger partial charge is 0.391 e. The standard InChI is InChI=1S/C20H24N4O3/c25-18-6-5-16(20(27)23-13-15-4-2-8-22-12-15)10-17(18)24-19(26)9-14-3-1-7-21-11-14/h1-4,7-8,11-12,16-18,25H,5-6,9-10,13H2,(H,23,27)(H,24,26)/t16-,17+,18+/m0/s1. The van der Waals surface area contributed by atoms with E-state index >= 15 is 0 Å². The molecule has 0 spiro atoms. The van der Waals surface area contributed by atoms with Crippen LogP contribution in [0.5, 0.6) is 0 Å². The van der Waals surface area contributed by atoms with Gasteiger partial charge in [0.25, 0.3) is 0 Å². The fraction of sp³-hybridized carbons (Fsp3) is 0.400. The molecule has 2 aromatic rings. The van der Waals surface area contributed by atoms with E-state index in [0.717, 1.165) is 11.1 Å². The van der Waals surface area contributed by atoms with E-state index in [1.165, 1.54) is 0 Å². The van der Waals surface area contributed by atoms with Crippen LogP contribution in [0.15, 0.2) is 49.1 Å². The number of aliphatic hydroxyl groups is 1. The van der Waals surface area contributed by atoms with Crippen LogP contribution < -0.4 is 10.6 Å². The first kappa shape index (κ1) is 19.0. The smallest absolute Gasteiger partial charge is 0.224 e. The third-order valence-corrected chi connectivity index (χ3v) is 4.81. The Balaban J connectivity index is 1.50. The second-order valence-electron chi connectivity index (χ2n) is 6.87. The van der Waals surface area contributed by atoms with E-state index < -0.39 is 12.1 Å². The molecule has 7 heteroatoms. The minimum Gasteiger partial charge on any atom is -0.391 e. The van der Waals surface area contributed by atoms with Gasteiger partial charge in [0.05, 0.1) is 18.6 Å². The molecular formula is C20H24N4O3. The summed E-state index contributed by atoms with van der Waals surface area (Å²) in [5, 5.41) is 16.0. The van der Waals surface area contributed by atoms with E-state index in [0.29, 0.717) is 25.8 Å². The summed E-state index contributed by atoms with van der Waals surface area (Å²) in [7, 11) is 0. The normalized spacial score (nSPS) is 22.0. The van der Waals surface area contributed by atoms with Gasteiger partial charge in [0, 0.05) is 37.3 Å². The molecule has 0 bridgehead atoms. The lowest BCUT2D eigenvalue weighted by Gasteiger charge is -2.33. The highest BCUT2D eigenvalue weighted by molar-refractivity contribution is 5.80. The van der Waals surface area contributed by atoms with Gasteiger partial charge in [-0.3, -0.25) is 19.6 Å². The Morgan fingerprint density at radius 3 is 2.44 bits per heavy atom. The highest BCUT2D eigenvalue weighted by atomic mass is 16.3. The summed E-state index contributed by atoms with van der Waals surface area (Å²) in [6, 6.07) is 6.92. The molecule has 0 saturated heterocycles. The van der Waals surface area contributed by atoms with Gasteiger partial charge in [0.2, 0.25) is 11.8 Å². The number of carbonyl (C=O) groups excluding carboxylic acids is 2. The van der Waals surface area contributed by atoms with Crippen LogP contribution in [0.4, 0.5) is 0 Å². The molecule has 2 aromatic heterocycles. The van der Waals surface area contributed by atoms with Crippen molar-refractivity contribution in [1.29, 1.82) is 0 Å². The van der Waals surface area contributed by atoms with E-state index in [4.69, 9.17) is 0 Å². The number of aliphatic hydroxyl groups excluding tert-OH is 1. The van der Waals surface area contributed by atoms with Gasteiger partial charge in [-0.1, -0.05) is 12.1 Å². The van der Waals surface area contributed by atoms with E-state index in [1.807, 2.05) is 18.2 Å². The van der Waals surface area contributed by atoms with Crippen LogP contribution >= 0.6 is 0 Å². The molecule has 1 aliphatic carbocycles. The van der Waals surface area contributed by atoms with Gasteiger partial charge >= 0.3 is 0 Å². The summed E-state index contributed by atoms with van der Waals surface area (Å²) in [6.45, 7) is 0.420. The second kappa shape index (κ2) is 9.23. The van der Waals surface area contributed by atoms with Crippen molar-refractivity contribution < 1.29 is 14.7 Å². The summed E-state index contributed by atoms with van der Waals surface area (Å²) in [6.07, 6.45) is 7.79. The molecule has 3 atom stereocenters. The zero-order valence-electron chi connectivity index (χ0n) is 15.0. The Morgan fingerprint density at radius 2 is 1.78 bits per heavy atom. The lowest BCUT2D eigenvalue weighted by Crippen LogP contribution is -2.49. The SMILES string of the molecule is O=C(Cc1cccnc1)N[C@@H]1C[C@@H](C(=O)NCc2cccnc2)CC[C@H]1O. The van der Waals surface area contributed by atoms with Crippen LogP contribution in [0.2, 0.25) is 0 Å². The molecule has 1 aliphatic rings. The van der Waals surface area contributed by atoms with Crippen LogP contribution in [0.3, 0.4) is 0 Å². The quantitative estimate of drug-likeness (QED) is 0.705. The van der Waals surface area contributed by atoms with Crippen molar-refractivity contribution in [2.24, 2.45) is 5.92 Å². The molecule has 2 amide bonds. The van der Waals surface area contributed by atoms with Gasteiger partial charge in [-0.2, -0.15) is 0 Å². The lowest BCUT2D eigenvalue weighted by atomic mass is 9.83. The second-order valence-corrected chi connectivity index (χ2v) is 6.87. The number of carbonyl (C=O) groups is 2. The Kier molecular flexibility index (Phi) is 6.49. The predicted octanol–water partition coefficient (Wildman–Crippen LogP) is 0.981. The summed E-state index contributed by atoms with van der Waals surface area (Å²) in [5.41, 5.74) is 1.74. The van der Waals surface area contributed by atoms with Crippen LogP contribution in [0.1, 0.15) is 30.4 Å². The zero-order chi connectivity index (χ0) is 19.1. The first-order valence-corrected chi connectivity index (χ1v) is 9.15. The zero-order valence-corrected chi connectivity index (χ0v) is 15.0. The molecule has 3 rings (SSSR count). The van der Waals surface area contributed by atoms with E-state index in [1.54, 1.807) is 30.9 Å². The number of hydrogen-bond acceptors (Lipinski definition) is 5. The summed E-state index contributed by atoms with van der Waals surface area (Å²) >= 11 is 0.